The maximum Gasteiger partial charge on any atom is 0.0679 e. The predicted octanol–water partition coefficient (Wildman–Crippen LogP) is 1.94. The Balaban J connectivity index is 2.07. The van der Waals surface area contributed by atoms with Gasteiger partial charge in [0.25, 0.3) is 0 Å². The molecule has 0 unspecified atom stereocenters. The van der Waals surface area contributed by atoms with Gasteiger partial charge < -0.3 is 5.32 Å². The number of pyridine rings is 1. The lowest BCUT2D eigenvalue weighted by molar-refractivity contribution is 0.343. The summed E-state index contributed by atoms with van der Waals surface area (Å²) < 4.78 is 2.05. The van der Waals surface area contributed by atoms with Gasteiger partial charge in [0.1, 0.15) is 0 Å². The van der Waals surface area contributed by atoms with Gasteiger partial charge in [-0.2, -0.15) is 5.10 Å². The molecule has 3 rings (SSSR count). The molecule has 0 spiro atoms. The number of hydrogen-bond acceptors (Lipinski definition) is 3. The van der Waals surface area contributed by atoms with Crippen molar-refractivity contribution < 1.29 is 0 Å². The summed E-state index contributed by atoms with van der Waals surface area (Å²) in [6.07, 6.45) is 6.63. The molecular weight excluding hydrogens is 224 g/mol. The second-order valence-electron chi connectivity index (χ2n) is 5.68. The van der Waals surface area contributed by atoms with Crippen molar-refractivity contribution in [1.29, 1.82) is 0 Å². The minimum atomic E-state index is 0.260. The number of hydrogen-bond donors (Lipinski definition) is 1. The molecule has 2 aromatic rings. The normalized spacial score (nSPS) is 18.1. The lowest BCUT2D eigenvalue weighted by Gasteiger charge is -2.22. The summed E-state index contributed by atoms with van der Waals surface area (Å²) in [4.78, 5) is 4.06. The molecule has 1 aliphatic rings. The Morgan fingerprint density at radius 2 is 2.06 bits per heavy atom. The van der Waals surface area contributed by atoms with E-state index >= 15 is 0 Å². The quantitative estimate of drug-likeness (QED) is 0.831. The van der Waals surface area contributed by atoms with Crippen LogP contribution in [0.15, 0.2) is 30.7 Å². The first-order valence-corrected chi connectivity index (χ1v) is 6.33. The molecule has 94 valence electrons. The van der Waals surface area contributed by atoms with Crippen LogP contribution in [0.5, 0.6) is 0 Å². The number of nitrogens with one attached hydrogen (secondary N) is 1. The molecule has 4 nitrogen and oxygen atoms in total. The fourth-order valence-electron chi connectivity index (χ4n) is 2.50. The van der Waals surface area contributed by atoms with Crippen LogP contribution in [-0.2, 0) is 13.0 Å². The largest absolute Gasteiger partial charge is 0.312 e. The molecule has 0 saturated heterocycles. The average molecular weight is 242 g/mol. The van der Waals surface area contributed by atoms with Crippen LogP contribution < -0.4 is 5.32 Å². The van der Waals surface area contributed by atoms with Gasteiger partial charge in [-0.05, 0) is 24.0 Å². The maximum absolute atomic E-state index is 4.52. The smallest absolute Gasteiger partial charge is 0.0679 e. The van der Waals surface area contributed by atoms with E-state index in [0.29, 0.717) is 0 Å². The molecule has 0 bridgehead atoms. The molecule has 0 radical (unpaired) electrons. The van der Waals surface area contributed by atoms with E-state index in [1.165, 1.54) is 11.3 Å². The van der Waals surface area contributed by atoms with Gasteiger partial charge in [-0.3, -0.25) is 4.98 Å². The Hall–Kier alpha value is -1.68. The zero-order chi connectivity index (χ0) is 12.6. The van der Waals surface area contributed by atoms with Gasteiger partial charge in [0.15, 0.2) is 0 Å². The lowest BCUT2D eigenvalue weighted by Crippen LogP contribution is -2.28. The Kier molecular flexibility index (Phi) is 2.67. The van der Waals surface area contributed by atoms with Crippen LogP contribution in [0.4, 0.5) is 0 Å². The fourth-order valence-corrected chi connectivity index (χ4v) is 2.50. The SMILES string of the molecule is CC1(C)CNCc2cnn(-c3ccncc3)c2C1. The van der Waals surface area contributed by atoms with Crippen molar-refractivity contribution in [3.05, 3.63) is 42.0 Å². The second kappa shape index (κ2) is 4.21. The van der Waals surface area contributed by atoms with Gasteiger partial charge in [0.2, 0.25) is 0 Å². The summed E-state index contributed by atoms with van der Waals surface area (Å²) in [5, 5.41) is 8.02. The third-order valence-corrected chi connectivity index (χ3v) is 3.43. The first-order valence-electron chi connectivity index (χ1n) is 6.33. The monoisotopic (exact) mass is 242 g/mol. The third kappa shape index (κ3) is 2.04. The molecule has 1 aliphatic heterocycles. The summed E-state index contributed by atoms with van der Waals surface area (Å²) >= 11 is 0. The molecule has 0 fully saturated rings. The van der Waals surface area contributed by atoms with Crippen molar-refractivity contribution in [3.63, 3.8) is 0 Å². The molecule has 1 N–H and O–H groups in total. The van der Waals surface area contributed by atoms with E-state index in [9.17, 15) is 0 Å². The van der Waals surface area contributed by atoms with E-state index < -0.39 is 0 Å². The Morgan fingerprint density at radius 3 is 2.83 bits per heavy atom. The zero-order valence-corrected chi connectivity index (χ0v) is 10.8. The van der Waals surface area contributed by atoms with Gasteiger partial charge in [-0.1, -0.05) is 13.8 Å². The van der Waals surface area contributed by atoms with E-state index in [1.54, 1.807) is 0 Å². The Morgan fingerprint density at radius 1 is 1.28 bits per heavy atom. The van der Waals surface area contributed by atoms with Gasteiger partial charge in [-0.15, -0.1) is 0 Å². The minimum Gasteiger partial charge on any atom is -0.312 e. The molecule has 0 atom stereocenters. The summed E-state index contributed by atoms with van der Waals surface area (Å²) in [6.45, 7) is 6.53. The molecule has 18 heavy (non-hydrogen) atoms. The topological polar surface area (TPSA) is 42.7 Å². The van der Waals surface area contributed by atoms with Crippen LogP contribution in [0.3, 0.4) is 0 Å². The van der Waals surface area contributed by atoms with E-state index in [0.717, 1.165) is 25.2 Å². The number of rotatable bonds is 1. The molecule has 0 saturated carbocycles. The van der Waals surface area contributed by atoms with Crippen LogP contribution in [0.1, 0.15) is 25.1 Å². The molecule has 0 amide bonds. The highest BCUT2D eigenvalue weighted by molar-refractivity contribution is 5.34. The molecule has 3 heterocycles. The van der Waals surface area contributed by atoms with E-state index in [-0.39, 0.29) is 5.41 Å². The molecular formula is C14H18N4. The molecule has 0 aliphatic carbocycles. The molecule has 2 aromatic heterocycles. The second-order valence-corrected chi connectivity index (χ2v) is 5.68. The van der Waals surface area contributed by atoms with Gasteiger partial charge in [0.05, 0.1) is 11.9 Å². The number of aromatic nitrogens is 3. The summed E-state index contributed by atoms with van der Waals surface area (Å²) in [6, 6.07) is 4.00. The predicted molar refractivity (Wildman–Crippen MR) is 70.6 cm³/mol. The highest BCUT2D eigenvalue weighted by Gasteiger charge is 2.26. The minimum absolute atomic E-state index is 0.260. The number of fused-ring (bicyclic) bond motifs is 1. The average Bonchev–Trinajstić information content (AvgIpc) is 2.66. The third-order valence-electron chi connectivity index (χ3n) is 3.43. The summed E-state index contributed by atoms with van der Waals surface area (Å²) in [5.41, 5.74) is 3.97. The number of nitrogens with zero attached hydrogens (tertiary/aromatic N) is 3. The highest BCUT2D eigenvalue weighted by atomic mass is 15.3. The fraction of sp³-hybridized carbons (Fsp3) is 0.429. The van der Waals surface area contributed by atoms with Crippen molar-refractivity contribution in [2.75, 3.05) is 6.54 Å². The lowest BCUT2D eigenvalue weighted by atomic mass is 9.88. The van der Waals surface area contributed by atoms with Crippen LogP contribution >= 0.6 is 0 Å². The van der Waals surface area contributed by atoms with Crippen LogP contribution in [0.2, 0.25) is 0 Å². The van der Waals surface area contributed by atoms with Gasteiger partial charge in [-0.25, -0.2) is 4.68 Å². The zero-order valence-electron chi connectivity index (χ0n) is 10.8. The Labute approximate surface area is 107 Å². The van der Waals surface area contributed by atoms with Gasteiger partial charge in [0, 0.05) is 36.7 Å². The molecule has 4 heteroatoms. The van der Waals surface area contributed by atoms with E-state index in [2.05, 4.69) is 29.2 Å². The van der Waals surface area contributed by atoms with Crippen molar-refractivity contribution in [2.24, 2.45) is 5.41 Å². The highest BCUT2D eigenvalue weighted by Crippen LogP contribution is 2.27. The Bertz CT molecular complexity index is 542. The first kappa shape index (κ1) is 11.4. The standard InChI is InChI=1S/C14H18N4/c1-14(2)7-13-11(8-16-10-14)9-17-18(13)12-3-5-15-6-4-12/h3-6,9,16H,7-8,10H2,1-2H3. The molecule has 0 aromatic carbocycles. The van der Waals surface area contributed by atoms with Gasteiger partial charge >= 0.3 is 0 Å². The van der Waals surface area contributed by atoms with Crippen LogP contribution in [-0.4, -0.2) is 21.3 Å². The summed E-state index contributed by atoms with van der Waals surface area (Å²) in [7, 11) is 0. The summed E-state index contributed by atoms with van der Waals surface area (Å²) in [5.74, 6) is 0. The first-order chi connectivity index (χ1) is 8.66. The maximum atomic E-state index is 4.52. The van der Waals surface area contributed by atoms with Crippen molar-refractivity contribution >= 4 is 0 Å². The van der Waals surface area contributed by atoms with Crippen molar-refractivity contribution in [2.45, 2.75) is 26.8 Å². The van der Waals surface area contributed by atoms with Crippen molar-refractivity contribution in [3.8, 4) is 5.69 Å². The van der Waals surface area contributed by atoms with Crippen molar-refractivity contribution in [1.82, 2.24) is 20.1 Å². The van der Waals surface area contributed by atoms with Crippen LogP contribution in [0.25, 0.3) is 5.69 Å². The van der Waals surface area contributed by atoms with E-state index in [1.807, 2.05) is 35.4 Å². The van der Waals surface area contributed by atoms with E-state index in [4.69, 9.17) is 0 Å². The van der Waals surface area contributed by atoms with Crippen LogP contribution in [0, 0.1) is 5.41 Å².